The van der Waals surface area contributed by atoms with Gasteiger partial charge in [-0.3, -0.25) is 4.79 Å². The minimum atomic E-state index is -0.827. The van der Waals surface area contributed by atoms with Gasteiger partial charge in [0.05, 0.1) is 5.56 Å². The van der Waals surface area contributed by atoms with Crippen LogP contribution in [0, 0.1) is 0 Å². The highest BCUT2D eigenvalue weighted by molar-refractivity contribution is 5.92. The van der Waals surface area contributed by atoms with Gasteiger partial charge in [0.15, 0.2) is 6.10 Å². The molecule has 1 N–H and O–H groups in total. The molecule has 4 heteroatoms. The maximum absolute atomic E-state index is 12.6. The van der Waals surface area contributed by atoms with E-state index in [2.05, 4.69) is 5.32 Å². The molecule has 0 saturated carbocycles. The van der Waals surface area contributed by atoms with Crippen molar-refractivity contribution < 1.29 is 14.3 Å². The first-order valence-corrected chi connectivity index (χ1v) is 8.47. The van der Waals surface area contributed by atoms with E-state index < -0.39 is 12.1 Å². The van der Waals surface area contributed by atoms with Crippen LogP contribution in [0.5, 0.6) is 0 Å². The van der Waals surface area contributed by atoms with Gasteiger partial charge in [-0.1, -0.05) is 48.5 Å². The van der Waals surface area contributed by atoms with Crippen molar-refractivity contribution in [2.75, 3.05) is 0 Å². The van der Waals surface area contributed by atoms with Crippen LogP contribution < -0.4 is 5.32 Å². The Kier molecular flexibility index (Phi) is 6.34. The summed E-state index contributed by atoms with van der Waals surface area (Å²) in [5.41, 5.74) is 1.16. The molecule has 4 nitrogen and oxygen atoms in total. The highest BCUT2D eigenvalue weighted by Gasteiger charge is 2.26. The van der Waals surface area contributed by atoms with E-state index >= 15 is 0 Å². The first kappa shape index (κ1) is 18.7. The van der Waals surface area contributed by atoms with Crippen LogP contribution in [0.1, 0.15) is 43.1 Å². The van der Waals surface area contributed by atoms with E-state index in [1.807, 2.05) is 57.2 Å². The number of aryl methyl sites for hydroxylation is 1. The maximum Gasteiger partial charge on any atom is 0.338 e. The molecule has 2 rings (SSSR count). The fourth-order valence-electron chi connectivity index (χ4n) is 2.41. The Bertz CT molecular complexity index is 690. The van der Waals surface area contributed by atoms with Gasteiger partial charge in [-0.2, -0.15) is 0 Å². The Morgan fingerprint density at radius 2 is 1.52 bits per heavy atom. The van der Waals surface area contributed by atoms with Crippen molar-refractivity contribution in [2.24, 2.45) is 0 Å². The SMILES string of the molecule is CC(C)(C)NC(=O)C(CCc1ccccc1)OC(=O)c1ccccc1. The lowest BCUT2D eigenvalue weighted by Gasteiger charge is -2.25. The summed E-state index contributed by atoms with van der Waals surface area (Å²) in [6.07, 6.45) is 0.266. The predicted molar refractivity (Wildman–Crippen MR) is 98.3 cm³/mol. The Balaban J connectivity index is 2.08. The number of hydrogen-bond donors (Lipinski definition) is 1. The lowest BCUT2D eigenvalue weighted by atomic mass is 10.0. The molecular weight excluding hydrogens is 314 g/mol. The lowest BCUT2D eigenvalue weighted by molar-refractivity contribution is -0.131. The Morgan fingerprint density at radius 3 is 2.08 bits per heavy atom. The average molecular weight is 339 g/mol. The fourth-order valence-corrected chi connectivity index (χ4v) is 2.41. The van der Waals surface area contributed by atoms with Crippen LogP contribution in [0.3, 0.4) is 0 Å². The van der Waals surface area contributed by atoms with Gasteiger partial charge in [-0.25, -0.2) is 4.79 Å². The molecule has 0 spiro atoms. The predicted octanol–water partition coefficient (Wildman–Crippen LogP) is 3.76. The molecule has 25 heavy (non-hydrogen) atoms. The number of benzene rings is 2. The number of rotatable bonds is 6. The minimum Gasteiger partial charge on any atom is -0.449 e. The van der Waals surface area contributed by atoms with Gasteiger partial charge in [0, 0.05) is 5.54 Å². The molecule has 132 valence electrons. The normalized spacial score (nSPS) is 12.3. The van der Waals surface area contributed by atoms with Crippen molar-refractivity contribution in [2.45, 2.75) is 45.3 Å². The number of amides is 1. The summed E-state index contributed by atoms with van der Waals surface area (Å²) in [7, 11) is 0. The van der Waals surface area contributed by atoms with Gasteiger partial charge in [0.25, 0.3) is 5.91 Å². The molecule has 1 amide bonds. The van der Waals surface area contributed by atoms with Crippen molar-refractivity contribution in [3.05, 3.63) is 71.8 Å². The van der Waals surface area contributed by atoms with Crippen molar-refractivity contribution in [1.29, 1.82) is 0 Å². The third-order valence-electron chi connectivity index (χ3n) is 3.59. The Morgan fingerprint density at radius 1 is 0.960 bits per heavy atom. The summed E-state index contributed by atoms with van der Waals surface area (Å²) in [4.78, 5) is 24.9. The molecule has 0 aliphatic rings. The third-order valence-corrected chi connectivity index (χ3v) is 3.59. The maximum atomic E-state index is 12.6. The quantitative estimate of drug-likeness (QED) is 0.815. The van der Waals surface area contributed by atoms with E-state index in [0.717, 1.165) is 5.56 Å². The molecule has 2 aromatic rings. The monoisotopic (exact) mass is 339 g/mol. The van der Waals surface area contributed by atoms with E-state index in [1.165, 1.54) is 0 Å². The van der Waals surface area contributed by atoms with Gasteiger partial charge in [-0.05, 0) is 51.3 Å². The molecule has 0 saturated heterocycles. The summed E-state index contributed by atoms with van der Waals surface area (Å²) in [6.45, 7) is 5.70. The number of carbonyl (C=O) groups excluding carboxylic acids is 2. The number of hydrogen-bond acceptors (Lipinski definition) is 3. The van der Waals surface area contributed by atoms with E-state index in [1.54, 1.807) is 24.3 Å². The van der Waals surface area contributed by atoms with Gasteiger partial charge >= 0.3 is 5.97 Å². The second-order valence-electron chi connectivity index (χ2n) is 7.02. The fraction of sp³-hybridized carbons (Fsp3) is 0.333. The molecule has 0 aromatic heterocycles. The number of esters is 1. The molecule has 0 radical (unpaired) electrons. The van der Waals surface area contributed by atoms with Crippen molar-refractivity contribution in [1.82, 2.24) is 5.32 Å². The zero-order valence-electron chi connectivity index (χ0n) is 15.0. The van der Waals surface area contributed by atoms with E-state index in [-0.39, 0.29) is 11.4 Å². The summed E-state index contributed by atoms with van der Waals surface area (Å²) in [6, 6.07) is 18.6. The van der Waals surface area contributed by atoms with Crippen LogP contribution in [0.25, 0.3) is 0 Å². The smallest absolute Gasteiger partial charge is 0.338 e. The zero-order valence-corrected chi connectivity index (χ0v) is 15.0. The van der Waals surface area contributed by atoms with Crippen LogP contribution in [0.4, 0.5) is 0 Å². The highest BCUT2D eigenvalue weighted by atomic mass is 16.5. The van der Waals surface area contributed by atoms with E-state index in [4.69, 9.17) is 4.74 Å². The summed E-state index contributed by atoms with van der Waals surface area (Å²) in [5.74, 6) is -0.754. The van der Waals surface area contributed by atoms with Gasteiger partial charge in [-0.15, -0.1) is 0 Å². The number of carbonyl (C=O) groups is 2. The standard InChI is InChI=1S/C21H25NO3/c1-21(2,3)22-19(23)18(15-14-16-10-6-4-7-11-16)25-20(24)17-12-8-5-9-13-17/h4-13,18H,14-15H2,1-3H3,(H,22,23). The van der Waals surface area contributed by atoms with Crippen LogP contribution in [0.15, 0.2) is 60.7 Å². The van der Waals surface area contributed by atoms with Crippen molar-refractivity contribution in [3.63, 3.8) is 0 Å². The van der Waals surface area contributed by atoms with E-state index in [9.17, 15) is 9.59 Å². The van der Waals surface area contributed by atoms with Crippen LogP contribution >= 0.6 is 0 Å². The summed E-state index contributed by atoms with van der Waals surface area (Å²) >= 11 is 0. The van der Waals surface area contributed by atoms with Crippen molar-refractivity contribution >= 4 is 11.9 Å². The molecule has 0 bridgehead atoms. The molecule has 0 fully saturated rings. The molecular formula is C21H25NO3. The first-order valence-electron chi connectivity index (χ1n) is 8.47. The number of ether oxygens (including phenoxy) is 1. The number of nitrogens with one attached hydrogen (secondary N) is 1. The first-order chi connectivity index (χ1) is 11.8. The van der Waals surface area contributed by atoms with Gasteiger partial charge in [0.2, 0.25) is 0 Å². The van der Waals surface area contributed by atoms with Gasteiger partial charge < -0.3 is 10.1 Å². The second-order valence-corrected chi connectivity index (χ2v) is 7.02. The topological polar surface area (TPSA) is 55.4 Å². The largest absolute Gasteiger partial charge is 0.449 e. The highest BCUT2D eigenvalue weighted by Crippen LogP contribution is 2.12. The van der Waals surface area contributed by atoms with Gasteiger partial charge in [0.1, 0.15) is 0 Å². The molecule has 0 heterocycles. The minimum absolute atomic E-state index is 0.271. The molecule has 0 aliphatic carbocycles. The molecule has 0 aliphatic heterocycles. The Labute approximate surface area is 149 Å². The van der Waals surface area contributed by atoms with Crippen molar-refractivity contribution in [3.8, 4) is 0 Å². The van der Waals surface area contributed by atoms with E-state index in [0.29, 0.717) is 18.4 Å². The summed E-state index contributed by atoms with van der Waals surface area (Å²) in [5, 5.41) is 2.90. The zero-order chi connectivity index (χ0) is 18.3. The van der Waals surface area contributed by atoms with Crippen LogP contribution in [-0.2, 0) is 16.0 Å². The molecule has 1 atom stereocenters. The lowest BCUT2D eigenvalue weighted by Crippen LogP contribution is -2.47. The second kappa shape index (κ2) is 8.47. The van der Waals surface area contributed by atoms with Crippen LogP contribution in [-0.4, -0.2) is 23.5 Å². The van der Waals surface area contributed by atoms with Crippen LogP contribution in [0.2, 0.25) is 0 Å². The summed E-state index contributed by atoms with van der Waals surface area (Å²) < 4.78 is 5.51. The molecule has 2 aromatic carbocycles. The average Bonchev–Trinajstić information content (AvgIpc) is 2.58. The third kappa shape index (κ3) is 6.42. The Hall–Kier alpha value is -2.62. The molecule has 1 unspecified atom stereocenters.